The number of methoxy groups -OCH3 is 1. The van der Waals surface area contributed by atoms with Crippen LogP contribution in [0.2, 0.25) is 0 Å². The van der Waals surface area contributed by atoms with Gasteiger partial charge in [-0.25, -0.2) is 9.97 Å². The van der Waals surface area contributed by atoms with Crippen LogP contribution in [0.25, 0.3) is 11.1 Å². The van der Waals surface area contributed by atoms with E-state index in [4.69, 9.17) is 9.47 Å². The van der Waals surface area contributed by atoms with Crippen LogP contribution in [0.3, 0.4) is 0 Å². The highest BCUT2D eigenvalue weighted by atomic mass is 16.5. The Bertz CT molecular complexity index is 1090. The van der Waals surface area contributed by atoms with Crippen LogP contribution in [-0.2, 0) is 7.05 Å². The van der Waals surface area contributed by atoms with E-state index >= 15 is 0 Å². The number of aromatic nitrogens is 5. The van der Waals surface area contributed by atoms with Crippen molar-refractivity contribution >= 4 is 11.6 Å². The maximum absolute atomic E-state index is 9.33. The standard InChI is InChI=1S/C20H22N8O2/c1-27-5-4-14(12-27)30-20-16(7-21)22-10-19(26-20)25-18-6-17(29-3)15(9-23-18)13-8-24-28(2)11-13/h6,8-11,14H,4-5,12H2,1-3H3,(H,23,25,26). The molecule has 1 unspecified atom stereocenters. The Kier molecular flexibility index (Phi) is 5.45. The number of pyridine rings is 1. The first-order chi connectivity index (χ1) is 14.6. The highest BCUT2D eigenvalue weighted by Crippen LogP contribution is 2.31. The van der Waals surface area contributed by atoms with Gasteiger partial charge in [0, 0.05) is 49.7 Å². The topological polar surface area (TPSA) is 114 Å². The Morgan fingerprint density at radius 2 is 2.07 bits per heavy atom. The molecule has 4 rings (SSSR count). The Morgan fingerprint density at radius 3 is 2.73 bits per heavy atom. The number of hydrogen-bond acceptors (Lipinski definition) is 9. The van der Waals surface area contributed by atoms with Crippen LogP contribution in [0.15, 0.2) is 30.9 Å². The molecule has 154 valence electrons. The van der Waals surface area contributed by atoms with Crippen LogP contribution in [0.4, 0.5) is 11.6 Å². The maximum Gasteiger partial charge on any atom is 0.253 e. The van der Waals surface area contributed by atoms with Crippen molar-refractivity contribution in [3.8, 4) is 28.8 Å². The lowest BCUT2D eigenvalue weighted by molar-refractivity contribution is 0.199. The van der Waals surface area contributed by atoms with Crippen LogP contribution in [0.5, 0.6) is 11.6 Å². The maximum atomic E-state index is 9.33. The fourth-order valence-electron chi connectivity index (χ4n) is 3.32. The lowest BCUT2D eigenvalue weighted by Crippen LogP contribution is -2.22. The number of nitriles is 1. The predicted molar refractivity (Wildman–Crippen MR) is 110 cm³/mol. The number of nitrogens with one attached hydrogen (secondary N) is 1. The number of likely N-dealkylation sites (N-methyl/N-ethyl adjacent to an activating group) is 1. The van der Waals surface area contributed by atoms with Crippen molar-refractivity contribution in [2.24, 2.45) is 7.05 Å². The minimum Gasteiger partial charge on any atom is -0.496 e. The summed E-state index contributed by atoms with van der Waals surface area (Å²) in [5.74, 6) is 1.83. The molecule has 3 aromatic rings. The van der Waals surface area contributed by atoms with Crippen molar-refractivity contribution in [3.63, 3.8) is 0 Å². The molecular weight excluding hydrogens is 384 g/mol. The molecule has 1 N–H and O–H groups in total. The largest absolute Gasteiger partial charge is 0.496 e. The highest BCUT2D eigenvalue weighted by Gasteiger charge is 2.23. The van der Waals surface area contributed by atoms with Gasteiger partial charge < -0.3 is 19.7 Å². The second-order valence-corrected chi connectivity index (χ2v) is 7.11. The second kappa shape index (κ2) is 8.34. The van der Waals surface area contributed by atoms with Crippen LogP contribution in [0, 0.1) is 11.3 Å². The van der Waals surface area contributed by atoms with Crippen molar-refractivity contribution in [2.75, 3.05) is 32.6 Å². The average Bonchev–Trinajstić information content (AvgIpc) is 3.36. The number of hydrogen-bond donors (Lipinski definition) is 1. The first-order valence-corrected chi connectivity index (χ1v) is 9.48. The molecule has 0 aromatic carbocycles. The van der Waals surface area contributed by atoms with E-state index in [1.807, 2.05) is 26.4 Å². The number of anilines is 2. The summed E-state index contributed by atoms with van der Waals surface area (Å²) >= 11 is 0. The molecule has 0 bridgehead atoms. The molecule has 1 fully saturated rings. The summed E-state index contributed by atoms with van der Waals surface area (Å²) < 4.78 is 13.2. The summed E-state index contributed by atoms with van der Waals surface area (Å²) in [6, 6.07) is 3.81. The lowest BCUT2D eigenvalue weighted by Gasteiger charge is -2.15. The molecule has 10 nitrogen and oxygen atoms in total. The van der Waals surface area contributed by atoms with Crippen LogP contribution in [0.1, 0.15) is 12.1 Å². The zero-order valence-electron chi connectivity index (χ0n) is 17.0. The van der Waals surface area contributed by atoms with Gasteiger partial charge in [0.25, 0.3) is 5.88 Å². The molecule has 0 spiro atoms. The van der Waals surface area contributed by atoms with Gasteiger partial charge in [0.1, 0.15) is 23.7 Å². The minimum atomic E-state index is -0.0105. The summed E-state index contributed by atoms with van der Waals surface area (Å²) in [5.41, 5.74) is 1.90. The van der Waals surface area contributed by atoms with E-state index in [-0.39, 0.29) is 17.7 Å². The number of ether oxygens (including phenoxy) is 2. The molecule has 30 heavy (non-hydrogen) atoms. The molecule has 4 heterocycles. The van der Waals surface area contributed by atoms with Gasteiger partial charge in [-0.15, -0.1) is 0 Å². The van der Waals surface area contributed by atoms with E-state index in [9.17, 15) is 5.26 Å². The average molecular weight is 406 g/mol. The van der Waals surface area contributed by atoms with Gasteiger partial charge in [-0.2, -0.15) is 15.3 Å². The third-order valence-electron chi connectivity index (χ3n) is 4.83. The first-order valence-electron chi connectivity index (χ1n) is 9.48. The van der Waals surface area contributed by atoms with Gasteiger partial charge in [-0.3, -0.25) is 4.68 Å². The van der Waals surface area contributed by atoms with Gasteiger partial charge in [-0.1, -0.05) is 0 Å². The summed E-state index contributed by atoms with van der Waals surface area (Å²) in [7, 11) is 5.49. The lowest BCUT2D eigenvalue weighted by atomic mass is 10.1. The van der Waals surface area contributed by atoms with E-state index < -0.39 is 0 Å². The van der Waals surface area contributed by atoms with Crippen molar-refractivity contribution < 1.29 is 9.47 Å². The zero-order chi connectivity index (χ0) is 21.1. The normalized spacial score (nSPS) is 16.3. The highest BCUT2D eigenvalue weighted by molar-refractivity contribution is 5.71. The molecule has 0 aliphatic carbocycles. The molecule has 1 atom stereocenters. The zero-order valence-corrected chi connectivity index (χ0v) is 17.0. The predicted octanol–water partition coefficient (Wildman–Crippen LogP) is 1.98. The Hall–Kier alpha value is -3.71. The number of likely N-dealkylation sites (tertiary alicyclic amines) is 1. The smallest absolute Gasteiger partial charge is 0.253 e. The van der Waals surface area contributed by atoms with E-state index in [0.29, 0.717) is 17.4 Å². The summed E-state index contributed by atoms with van der Waals surface area (Å²) in [5, 5.41) is 16.6. The Balaban J connectivity index is 1.56. The SMILES string of the molecule is COc1cc(Nc2cnc(C#N)c(OC3CCN(C)C3)n2)ncc1-c1cnn(C)c1. The van der Waals surface area contributed by atoms with Gasteiger partial charge >= 0.3 is 0 Å². The van der Waals surface area contributed by atoms with Crippen molar-refractivity contribution in [2.45, 2.75) is 12.5 Å². The Morgan fingerprint density at radius 1 is 1.20 bits per heavy atom. The van der Waals surface area contributed by atoms with Gasteiger partial charge in [0.15, 0.2) is 5.82 Å². The molecular formula is C20H22N8O2. The van der Waals surface area contributed by atoms with Crippen LogP contribution in [-0.4, -0.2) is 63.0 Å². The third kappa shape index (κ3) is 4.16. The minimum absolute atomic E-state index is 0.0105. The number of nitrogens with zero attached hydrogens (tertiary/aromatic N) is 7. The number of aryl methyl sites for hydroxylation is 1. The second-order valence-electron chi connectivity index (χ2n) is 7.11. The molecule has 0 radical (unpaired) electrons. The van der Waals surface area contributed by atoms with Gasteiger partial charge in [0.2, 0.25) is 5.69 Å². The van der Waals surface area contributed by atoms with E-state index in [2.05, 4.69) is 30.3 Å². The molecule has 0 amide bonds. The van der Waals surface area contributed by atoms with Gasteiger partial charge in [-0.05, 0) is 13.5 Å². The molecule has 1 aliphatic rings. The number of rotatable bonds is 6. The monoisotopic (exact) mass is 406 g/mol. The first kappa shape index (κ1) is 19.6. The van der Waals surface area contributed by atoms with E-state index in [0.717, 1.165) is 30.6 Å². The molecule has 3 aromatic heterocycles. The summed E-state index contributed by atoms with van der Waals surface area (Å²) in [6.45, 7) is 1.74. The van der Waals surface area contributed by atoms with Gasteiger partial charge in [0.05, 0.1) is 19.5 Å². The molecule has 0 saturated carbocycles. The quantitative estimate of drug-likeness (QED) is 0.656. The van der Waals surface area contributed by atoms with Crippen molar-refractivity contribution in [1.82, 2.24) is 29.6 Å². The fourth-order valence-corrected chi connectivity index (χ4v) is 3.32. The third-order valence-corrected chi connectivity index (χ3v) is 4.83. The fraction of sp³-hybridized carbons (Fsp3) is 0.350. The molecule has 1 saturated heterocycles. The molecule has 1 aliphatic heterocycles. The van der Waals surface area contributed by atoms with E-state index in [1.54, 1.807) is 30.3 Å². The van der Waals surface area contributed by atoms with E-state index in [1.165, 1.54) is 6.20 Å². The molecule has 10 heteroatoms. The van der Waals surface area contributed by atoms with Crippen LogP contribution >= 0.6 is 0 Å². The Labute approximate surface area is 174 Å². The summed E-state index contributed by atoms with van der Waals surface area (Å²) in [4.78, 5) is 15.2. The summed E-state index contributed by atoms with van der Waals surface area (Å²) in [6.07, 6.45) is 7.71. The van der Waals surface area contributed by atoms with Crippen LogP contribution < -0.4 is 14.8 Å². The van der Waals surface area contributed by atoms with Crippen molar-refractivity contribution in [1.29, 1.82) is 5.26 Å². The van der Waals surface area contributed by atoms with Crippen molar-refractivity contribution in [3.05, 3.63) is 36.5 Å².